The van der Waals surface area contributed by atoms with E-state index in [0.717, 1.165) is 31.9 Å². The fraction of sp³-hybridized carbons (Fsp3) is 0.417. The molecule has 4 rings (SSSR count). The zero-order valence-electron chi connectivity index (χ0n) is 19.0. The first-order chi connectivity index (χ1) is 16.3. The maximum Gasteiger partial charge on any atom is 0.261 e. The summed E-state index contributed by atoms with van der Waals surface area (Å²) in [4.78, 5) is 35.3. The number of nitrogens with one attached hydrogen (secondary N) is 1. The van der Waals surface area contributed by atoms with Gasteiger partial charge in [-0.3, -0.25) is 14.2 Å². The maximum absolute atomic E-state index is 13.4. The molecule has 0 saturated heterocycles. The summed E-state index contributed by atoms with van der Waals surface area (Å²) in [5.74, 6) is 0.269. The van der Waals surface area contributed by atoms with Gasteiger partial charge in [-0.1, -0.05) is 38.2 Å². The van der Waals surface area contributed by atoms with Crippen LogP contribution in [0.5, 0.6) is 0 Å². The van der Waals surface area contributed by atoms with Crippen LogP contribution in [0, 0.1) is 5.92 Å². The van der Waals surface area contributed by atoms with Crippen molar-refractivity contribution in [2.75, 3.05) is 11.6 Å². The first-order valence-corrected chi connectivity index (χ1v) is 13.2. The second-order valence-corrected chi connectivity index (χ2v) is 10.9. The van der Waals surface area contributed by atoms with Crippen molar-refractivity contribution in [3.8, 4) is 0 Å². The number of aliphatic hydroxyl groups is 1. The van der Waals surface area contributed by atoms with Crippen LogP contribution >= 0.6 is 0 Å². The lowest BCUT2D eigenvalue weighted by atomic mass is 9.84. The number of carbonyl (C=O) groups excluding carboxylic acids is 1. The summed E-state index contributed by atoms with van der Waals surface area (Å²) < 4.78 is 25.1. The second kappa shape index (κ2) is 10.0. The van der Waals surface area contributed by atoms with Gasteiger partial charge in [-0.2, -0.15) is 0 Å². The highest BCUT2D eigenvalue weighted by Gasteiger charge is 2.28. The highest BCUT2D eigenvalue weighted by molar-refractivity contribution is 7.90. The van der Waals surface area contributed by atoms with Crippen LogP contribution in [0.4, 0.5) is 5.82 Å². The third kappa shape index (κ3) is 5.34. The summed E-state index contributed by atoms with van der Waals surface area (Å²) in [5, 5.41) is 12.2. The Balaban J connectivity index is 1.70. The van der Waals surface area contributed by atoms with Gasteiger partial charge in [0, 0.05) is 12.5 Å². The van der Waals surface area contributed by atoms with Gasteiger partial charge in [0.25, 0.3) is 5.56 Å². The number of hydrogen-bond donors (Lipinski definition) is 2. The number of carbonyl (C=O) groups is 1. The Morgan fingerprint density at radius 3 is 2.59 bits per heavy atom. The molecule has 3 aromatic rings. The van der Waals surface area contributed by atoms with Crippen LogP contribution in [0.3, 0.4) is 0 Å². The SMILES string of the molecule is CS(=O)(=O)c1ccc2c(=O)n(C(CC3CCCCC3)C(=O)Nc3ccc(CO)cn3)cnc2c1. The van der Waals surface area contributed by atoms with Crippen LogP contribution in [0.1, 0.15) is 50.1 Å². The lowest BCUT2D eigenvalue weighted by Gasteiger charge is -2.27. The van der Waals surface area contributed by atoms with Gasteiger partial charge in [-0.05, 0) is 42.2 Å². The van der Waals surface area contributed by atoms with Crippen molar-refractivity contribution in [2.24, 2.45) is 5.92 Å². The molecule has 1 atom stereocenters. The number of aromatic nitrogens is 3. The second-order valence-electron chi connectivity index (χ2n) is 8.86. The predicted molar refractivity (Wildman–Crippen MR) is 128 cm³/mol. The molecule has 1 fully saturated rings. The Kier molecular flexibility index (Phi) is 7.08. The van der Waals surface area contributed by atoms with E-state index in [1.807, 2.05) is 0 Å². The van der Waals surface area contributed by atoms with E-state index in [-0.39, 0.29) is 28.3 Å². The number of rotatable bonds is 7. The van der Waals surface area contributed by atoms with Crippen molar-refractivity contribution in [3.63, 3.8) is 0 Å². The van der Waals surface area contributed by atoms with Crippen molar-refractivity contribution in [3.05, 3.63) is 58.8 Å². The lowest BCUT2D eigenvalue weighted by molar-refractivity contribution is -0.120. The standard InChI is InChI=1S/C24H28N4O5S/c1-34(32,33)18-8-9-19-20(12-18)26-15-28(24(19)31)21(11-16-5-3-2-4-6-16)23(30)27-22-10-7-17(14-29)13-25-22/h7-10,12-13,15-16,21,29H,2-6,11,14H2,1H3,(H,25,27,30). The summed E-state index contributed by atoms with van der Waals surface area (Å²) in [6, 6.07) is 6.69. The largest absolute Gasteiger partial charge is 0.392 e. The van der Waals surface area contributed by atoms with Crippen LogP contribution in [0.25, 0.3) is 10.9 Å². The lowest BCUT2D eigenvalue weighted by Crippen LogP contribution is -2.35. The van der Waals surface area contributed by atoms with E-state index in [2.05, 4.69) is 15.3 Å². The average molecular weight is 485 g/mol. The molecular weight excluding hydrogens is 456 g/mol. The summed E-state index contributed by atoms with van der Waals surface area (Å²) in [6.45, 7) is -0.148. The van der Waals surface area contributed by atoms with Crippen LogP contribution in [-0.2, 0) is 21.2 Å². The molecule has 1 amide bonds. The van der Waals surface area contributed by atoms with E-state index in [0.29, 0.717) is 23.7 Å². The Morgan fingerprint density at radius 2 is 1.94 bits per heavy atom. The summed E-state index contributed by atoms with van der Waals surface area (Å²) in [6.07, 6.45) is 9.78. The molecule has 10 heteroatoms. The minimum absolute atomic E-state index is 0.0820. The van der Waals surface area contributed by atoms with E-state index >= 15 is 0 Å². The van der Waals surface area contributed by atoms with E-state index in [1.54, 1.807) is 12.1 Å². The number of hydrogen-bond acceptors (Lipinski definition) is 7. The van der Waals surface area contributed by atoms with Gasteiger partial charge in [-0.15, -0.1) is 0 Å². The molecule has 9 nitrogen and oxygen atoms in total. The minimum Gasteiger partial charge on any atom is -0.392 e. The van der Waals surface area contributed by atoms with Gasteiger partial charge in [0.2, 0.25) is 5.91 Å². The predicted octanol–water partition coefficient (Wildman–Crippen LogP) is 2.84. The highest BCUT2D eigenvalue weighted by Crippen LogP contribution is 2.31. The highest BCUT2D eigenvalue weighted by atomic mass is 32.2. The molecular formula is C24H28N4O5S. The smallest absolute Gasteiger partial charge is 0.261 e. The summed E-state index contributed by atoms with van der Waals surface area (Å²) in [5.41, 5.74) is 0.493. The molecule has 0 aliphatic heterocycles. The number of anilines is 1. The fourth-order valence-electron chi connectivity index (χ4n) is 4.45. The van der Waals surface area contributed by atoms with Crippen LogP contribution < -0.4 is 10.9 Å². The van der Waals surface area contributed by atoms with E-state index in [1.165, 1.54) is 41.7 Å². The van der Waals surface area contributed by atoms with Crippen molar-refractivity contribution in [2.45, 2.75) is 56.1 Å². The molecule has 2 N–H and O–H groups in total. The third-order valence-electron chi connectivity index (χ3n) is 6.36. The molecule has 1 aliphatic rings. The molecule has 1 aliphatic carbocycles. The third-order valence-corrected chi connectivity index (χ3v) is 7.47. The zero-order valence-corrected chi connectivity index (χ0v) is 19.8. The average Bonchev–Trinajstić information content (AvgIpc) is 2.83. The van der Waals surface area contributed by atoms with Crippen LogP contribution in [0.15, 0.2) is 52.5 Å². The quantitative estimate of drug-likeness (QED) is 0.527. The number of fused-ring (bicyclic) bond motifs is 1. The minimum atomic E-state index is -3.44. The number of aliphatic hydroxyl groups excluding tert-OH is 1. The van der Waals surface area contributed by atoms with Gasteiger partial charge in [-0.25, -0.2) is 18.4 Å². The molecule has 0 radical (unpaired) electrons. The molecule has 0 spiro atoms. The summed E-state index contributed by atoms with van der Waals surface area (Å²) in [7, 11) is -3.44. The molecule has 180 valence electrons. The Hall–Kier alpha value is -3.11. The Labute approximate surface area is 197 Å². The zero-order chi connectivity index (χ0) is 24.3. The summed E-state index contributed by atoms with van der Waals surface area (Å²) >= 11 is 0. The van der Waals surface area contributed by atoms with Gasteiger partial charge in [0.05, 0.1) is 28.7 Å². The van der Waals surface area contributed by atoms with Crippen LogP contribution in [-0.4, -0.2) is 40.2 Å². The van der Waals surface area contributed by atoms with Gasteiger partial charge >= 0.3 is 0 Å². The normalized spacial score (nSPS) is 15.8. The Morgan fingerprint density at radius 1 is 1.18 bits per heavy atom. The number of amides is 1. The van der Waals surface area contributed by atoms with Crippen molar-refractivity contribution < 1.29 is 18.3 Å². The maximum atomic E-state index is 13.4. The monoisotopic (exact) mass is 484 g/mol. The molecule has 2 heterocycles. The van der Waals surface area contributed by atoms with Crippen molar-refractivity contribution >= 4 is 32.5 Å². The number of pyridine rings is 1. The molecule has 34 heavy (non-hydrogen) atoms. The molecule has 2 aromatic heterocycles. The molecule has 1 aromatic carbocycles. The Bertz CT molecular complexity index is 1350. The van der Waals surface area contributed by atoms with Crippen molar-refractivity contribution in [1.82, 2.24) is 14.5 Å². The fourth-order valence-corrected chi connectivity index (χ4v) is 5.10. The first kappa shape index (κ1) is 24.0. The van der Waals surface area contributed by atoms with Crippen molar-refractivity contribution in [1.29, 1.82) is 0 Å². The number of nitrogens with zero attached hydrogens (tertiary/aromatic N) is 3. The number of benzene rings is 1. The molecule has 1 unspecified atom stereocenters. The molecule has 0 bridgehead atoms. The van der Waals surface area contributed by atoms with E-state index in [9.17, 15) is 23.1 Å². The van der Waals surface area contributed by atoms with Gasteiger partial charge in [0.1, 0.15) is 11.9 Å². The first-order valence-electron chi connectivity index (χ1n) is 11.3. The van der Waals surface area contributed by atoms with Gasteiger partial charge < -0.3 is 10.4 Å². The van der Waals surface area contributed by atoms with Crippen LogP contribution in [0.2, 0.25) is 0 Å². The van der Waals surface area contributed by atoms with E-state index < -0.39 is 21.4 Å². The number of sulfone groups is 1. The topological polar surface area (TPSA) is 131 Å². The molecule has 1 saturated carbocycles. The van der Waals surface area contributed by atoms with E-state index in [4.69, 9.17) is 0 Å². The van der Waals surface area contributed by atoms with Gasteiger partial charge in [0.15, 0.2) is 9.84 Å².